The van der Waals surface area contributed by atoms with Crippen molar-refractivity contribution in [2.45, 2.75) is 13.1 Å². The Balaban J connectivity index is 1.61. The Morgan fingerprint density at radius 3 is 1.57 bits per heavy atom. The molecule has 0 unspecified atom stereocenters. The monoisotopic (exact) mass is 318 g/mol. The van der Waals surface area contributed by atoms with Gasteiger partial charge in [0.05, 0.1) is 6.67 Å². The minimum Gasteiger partial charge on any atom is -0.354 e. The normalized spacial score (nSPS) is 14.0. The van der Waals surface area contributed by atoms with Gasteiger partial charge in [-0.25, -0.2) is 0 Å². The first kappa shape index (κ1) is 14.3. The number of hydrogen-bond donors (Lipinski definition) is 0. The Morgan fingerprint density at radius 1 is 0.714 bits per heavy atom. The lowest BCUT2D eigenvalue weighted by atomic mass is 10.2. The average Bonchev–Trinajstić information content (AvgIpc) is 2.91. The van der Waals surface area contributed by atoms with Gasteiger partial charge >= 0.3 is 0 Å². The molecule has 21 heavy (non-hydrogen) atoms. The van der Waals surface area contributed by atoms with Crippen molar-refractivity contribution in [2.24, 2.45) is 0 Å². The van der Waals surface area contributed by atoms with E-state index >= 15 is 0 Å². The molecule has 0 saturated carbocycles. The van der Waals surface area contributed by atoms with E-state index in [0.29, 0.717) is 0 Å². The van der Waals surface area contributed by atoms with E-state index < -0.39 is 0 Å². The predicted molar refractivity (Wildman–Crippen MR) is 88.0 cm³/mol. The van der Waals surface area contributed by atoms with Gasteiger partial charge in [-0.15, -0.1) is 0 Å². The lowest BCUT2D eigenvalue weighted by Crippen LogP contribution is -2.24. The van der Waals surface area contributed by atoms with Crippen LogP contribution in [0.5, 0.6) is 0 Å². The molecular formula is C17H16Cl2N2. The molecule has 0 atom stereocenters. The maximum atomic E-state index is 6.21. The summed E-state index contributed by atoms with van der Waals surface area (Å²) < 4.78 is 0. The van der Waals surface area contributed by atoms with Crippen molar-refractivity contribution in [1.29, 1.82) is 0 Å². The molecule has 0 aliphatic carbocycles. The topological polar surface area (TPSA) is 6.48 Å². The molecule has 1 heterocycles. The van der Waals surface area contributed by atoms with E-state index in [2.05, 4.69) is 34.3 Å². The quantitative estimate of drug-likeness (QED) is 0.803. The maximum Gasteiger partial charge on any atom is 0.0900 e. The molecule has 0 spiro atoms. The molecule has 108 valence electrons. The zero-order valence-corrected chi connectivity index (χ0v) is 13.1. The van der Waals surface area contributed by atoms with Gasteiger partial charge in [0, 0.05) is 35.5 Å². The summed E-state index contributed by atoms with van der Waals surface area (Å²) in [7, 11) is 0. The van der Waals surface area contributed by atoms with Gasteiger partial charge in [0.1, 0.15) is 0 Å². The van der Waals surface area contributed by atoms with Crippen LogP contribution in [0, 0.1) is 0 Å². The molecule has 2 nitrogen and oxygen atoms in total. The molecule has 0 N–H and O–H groups in total. The number of halogens is 2. The summed E-state index contributed by atoms with van der Waals surface area (Å²) in [6.07, 6.45) is 4.19. The van der Waals surface area contributed by atoms with Crippen LogP contribution in [0.25, 0.3) is 0 Å². The van der Waals surface area contributed by atoms with E-state index in [1.807, 2.05) is 36.4 Å². The van der Waals surface area contributed by atoms with Crippen molar-refractivity contribution in [3.05, 3.63) is 82.1 Å². The van der Waals surface area contributed by atoms with E-state index in [4.69, 9.17) is 23.2 Å². The summed E-state index contributed by atoms with van der Waals surface area (Å²) in [5.41, 5.74) is 2.28. The molecule has 0 bridgehead atoms. The highest BCUT2D eigenvalue weighted by Gasteiger charge is 2.14. The Bertz CT molecular complexity index is 599. The minimum absolute atomic E-state index is 0.815. The Labute approximate surface area is 135 Å². The maximum absolute atomic E-state index is 6.21. The predicted octanol–water partition coefficient (Wildman–Crippen LogP) is 4.74. The molecular weight excluding hydrogens is 303 g/mol. The first-order valence-corrected chi connectivity index (χ1v) is 7.61. The lowest BCUT2D eigenvalue weighted by Gasteiger charge is -2.22. The zero-order valence-electron chi connectivity index (χ0n) is 11.5. The van der Waals surface area contributed by atoms with Gasteiger partial charge in [-0.1, -0.05) is 59.6 Å². The van der Waals surface area contributed by atoms with Crippen LogP contribution in [0.15, 0.2) is 60.9 Å². The standard InChI is InChI=1S/C17H16Cl2N2/c18-16-7-3-1-5-14(16)11-20-9-10-21(13-20)12-15-6-2-4-8-17(15)19/h1-10H,11-13H2. The molecule has 1 aliphatic heterocycles. The van der Waals surface area contributed by atoms with E-state index in [9.17, 15) is 0 Å². The van der Waals surface area contributed by atoms with Gasteiger partial charge in [-0.3, -0.25) is 0 Å². The molecule has 3 rings (SSSR count). The van der Waals surface area contributed by atoms with Crippen molar-refractivity contribution in [3.8, 4) is 0 Å². The first-order valence-electron chi connectivity index (χ1n) is 6.85. The largest absolute Gasteiger partial charge is 0.354 e. The van der Waals surface area contributed by atoms with Gasteiger partial charge in [0.2, 0.25) is 0 Å². The van der Waals surface area contributed by atoms with Crippen LogP contribution in [0.4, 0.5) is 0 Å². The van der Waals surface area contributed by atoms with Gasteiger partial charge in [-0.2, -0.15) is 0 Å². The second-order valence-corrected chi connectivity index (χ2v) is 5.93. The summed E-state index contributed by atoms with van der Waals surface area (Å²) in [6.45, 7) is 2.47. The van der Waals surface area contributed by atoms with Crippen molar-refractivity contribution in [1.82, 2.24) is 9.80 Å². The second kappa shape index (κ2) is 6.42. The van der Waals surface area contributed by atoms with E-state index in [0.717, 1.165) is 40.9 Å². The molecule has 0 fully saturated rings. The summed E-state index contributed by atoms with van der Waals surface area (Å²) in [5, 5.41) is 1.63. The lowest BCUT2D eigenvalue weighted by molar-refractivity contribution is 0.255. The summed E-state index contributed by atoms with van der Waals surface area (Å²) in [4.78, 5) is 4.47. The number of nitrogens with zero attached hydrogens (tertiary/aromatic N) is 2. The molecule has 4 heteroatoms. The first-order chi connectivity index (χ1) is 10.2. The summed E-state index contributed by atoms with van der Waals surface area (Å²) >= 11 is 12.4. The molecule has 0 radical (unpaired) electrons. The average molecular weight is 319 g/mol. The van der Waals surface area contributed by atoms with Crippen LogP contribution in [0.1, 0.15) is 11.1 Å². The minimum atomic E-state index is 0.815. The zero-order chi connectivity index (χ0) is 14.7. The number of rotatable bonds is 4. The molecule has 0 amide bonds. The third kappa shape index (κ3) is 3.52. The van der Waals surface area contributed by atoms with Crippen LogP contribution in [-0.4, -0.2) is 16.5 Å². The van der Waals surface area contributed by atoms with Crippen LogP contribution in [0.3, 0.4) is 0 Å². The highest BCUT2D eigenvalue weighted by atomic mass is 35.5. The van der Waals surface area contributed by atoms with E-state index in [-0.39, 0.29) is 0 Å². The smallest absolute Gasteiger partial charge is 0.0900 e. The van der Waals surface area contributed by atoms with E-state index in [1.54, 1.807) is 0 Å². The van der Waals surface area contributed by atoms with Crippen molar-refractivity contribution >= 4 is 23.2 Å². The second-order valence-electron chi connectivity index (χ2n) is 5.12. The van der Waals surface area contributed by atoms with Gasteiger partial charge in [0.25, 0.3) is 0 Å². The van der Waals surface area contributed by atoms with Crippen molar-refractivity contribution in [2.75, 3.05) is 6.67 Å². The van der Waals surface area contributed by atoms with Crippen LogP contribution < -0.4 is 0 Å². The molecule has 0 aromatic heterocycles. The highest BCUT2D eigenvalue weighted by molar-refractivity contribution is 6.31. The fourth-order valence-electron chi connectivity index (χ4n) is 2.41. The third-order valence-electron chi connectivity index (χ3n) is 3.51. The third-order valence-corrected chi connectivity index (χ3v) is 4.25. The summed E-state index contributed by atoms with van der Waals surface area (Å²) in [6, 6.07) is 15.9. The number of benzene rings is 2. The molecule has 1 aliphatic rings. The molecule has 0 saturated heterocycles. The fraction of sp³-hybridized carbons (Fsp3) is 0.176. The molecule has 2 aromatic rings. The Morgan fingerprint density at radius 2 is 1.14 bits per heavy atom. The van der Waals surface area contributed by atoms with Gasteiger partial charge in [0.15, 0.2) is 0 Å². The fourth-order valence-corrected chi connectivity index (χ4v) is 2.80. The van der Waals surface area contributed by atoms with Crippen LogP contribution >= 0.6 is 23.2 Å². The number of hydrogen-bond acceptors (Lipinski definition) is 2. The van der Waals surface area contributed by atoms with Crippen LogP contribution in [-0.2, 0) is 13.1 Å². The molecule has 2 aromatic carbocycles. The Hall–Kier alpha value is -1.64. The Kier molecular flexibility index (Phi) is 4.37. The van der Waals surface area contributed by atoms with Crippen molar-refractivity contribution in [3.63, 3.8) is 0 Å². The highest BCUT2D eigenvalue weighted by Crippen LogP contribution is 2.22. The van der Waals surface area contributed by atoms with Crippen LogP contribution in [0.2, 0.25) is 10.0 Å². The SMILES string of the molecule is Clc1ccccc1CN1C=CN(Cc2ccccc2Cl)C1. The van der Waals surface area contributed by atoms with Crippen molar-refractivity contribution < 1.29 is 0 Å². The van der Waals surface area contributed by atoms with Gasteiger partial charge < -0.3 is 9.80 Å². The summed E-state index contributed by atoms with van der Waals surface area (Å²) in [5.74, 6) is 0. The van der Waals surface area contributed by atoms with Gasteiger partial charge in [-0.05, 0) is 23.3 Å². The van der Waals surface area contributed by atoms with E-state index in [1.165, 1.54) is 0 Å².